The number of hydrogen-bond acceptors (Lipinski definition) is 0. The van der Waals surface area contributed by atoms with Crippen LogP contribution in [0.1, 0.15) is 46.9 Å². The summed E-state index contributed by atoms with van der Waals surface area (Å²) in [6.45, 7) is 0. The first-order chi connectivity index (χ1) is 8.95. The summed E-state index contributed by atoms with van der Waals surface area (Å²) in [7, 11) is 0. The highest BCUT2D eigenvalue weighted by atomic mass is 14.6. The van der Waals surface area contributed by atoms with Gasteiger partial charge in [0.05, 0.1) is 0 Å². The summed E-state index contributed by atoms with van der Waals surface area (Å²) in [5.41, 5.74) is 6.51. The van der Waals surface area contributed by atoms with Gasteiger partial charge in [-0.2, -0.15) is 0 Å². The first kappa shape index (κ1) is 9.38. The molecule has 6 rings (SSSR count). The Morgan fingerprint density at radius 1 is 0.556 bits per heavy atom. The third kappa shape index (κ3) is 0.913. The van der Waals surface area contributed by atoms with Crippen LogP contribution in [0.15, 0.2) is 48.5 Å². The maximum Gasteiger partial charge on any atom is 0.0126 e. The highest BCUT2D eigenvalue weighted by Crippen LogP contribution is 2.64. The summed E-state index contributed by atoms with van der Waals surface area (Å²) in [6, 6.07) is 18.4. The molecule has 0 saturated heterocycles. The standard InChI is InChI=1S/C18H16/c1-2-6-12-11(5-1)17-13-7-3-4-8-14(13)18(12)16-10-9-15(16)17/h1-8,15-18H,9-10H2. The molecule has 0 amide bonds. The zero-order valence-electron chi connectivity index (χ0n) is 10.3. The Morgan fingerprint density at radius 2 is 0.889 bits per heavy atom. The van der Waals surface area contributed by atoms with Crippen LogP contribution >= 0.6 is 0 Å². The van der Waals surface area contributed by atoms with Crippen LogP contribution in [-0.4, -0.2) is 0 Å². The van der Waals surface area contributed by atoms with E-state index in [0.717, 1.165) is 11.8 Å². The molecule has 0 N–H and O–H groups in total. The van der Waals surface area contributed by atoms with Gasteiger partial charge >= 0.3 is 0 Å². The quantitative estimate of drug-likeness (QED) is 0.635. The van der Waals surface area contributed by atoms with E-state index in [-0.39, 0.29) is 0 Å². The molecule has 0 heteroatoms. The van der Waals surface area contributed by atoms with Crippen molar-refractivity contribution >= 4 is 0 Å². The Kier molecular flexibility index (Phi) is 1.59. The molecule has 0 nitrogen and oxygen atoms in total. The predicted molar refractivity (Wildman–Crippen MR) is 72.8 cm³/mol. The van der Waals surface area contributed by atoms with E-state index in [2.05, 4.69) is 48.5 Å². The van der Waals surface area contributed by atoms with Gasteiger partial charge < -0.3 is 0 Å². The summed E-state index contributed by atoms with van der Waals surface area (Å²) in [6.07, 6.45) is 2.88. The summed E-state index contributed by atoms with van der Waals surface area (Å²) >= 11 is 0. The predicted octanol–water partition coefficient (Wildman–Crippen LogP) is 4.30. The molecule has 0 spiro atoms. The third-order valence-electron chi connectivity index (χ3n) is 5.57. The zero-order valence-corrected chi connectivity index (χ0v) is 10.3. The van der Waals surface area contributed by atoms with Crippen LogP contribution in [0.3, 0.4) is 0 Å². The molecule has 0 aromatic heterocycles. The summed E-state index contributed by atoms with van der Waals surface area (Å²) in [4.78, 5) is 0. The SMILES string of the molecule is c1ccc2c(c1)C1c3ccccc3C2C2CCC12. The molecule has 2 aromatic carbocycles. The minimum absolute atomic E-state index is 0.696. The Hall–Kier alpha value is -1.56. The first-order valence-electron chi connectivity index (χ1n) is 7.13. The van der Waals surface area contributed by atoms with Gasteiger partial charge in [0.15, 0.2) is 0 Å². The average Bonchev–Trinajstić information content (AvgIpc) is 2.40. The number of hydrogen-bond donors (Lipinski definition) is 0. The van der Waals surface area contributed by atoms with Crippen LogP contribution in [0.2, 0.25) is 0 Å². The lowest BCUT2D eigenvalue weighted by Crippen LogP contribution is -2.45. The van der Waals surface area contributed by atoms with Gasteiger partial charge in [0.1, 0.15) is 0 Å². The van der Waals surface area contributed by atoms with E-state index in [9.17, 15) is 0 Å². The summed E-state index contributed by atoms with van der Waals surface area (Å²) in [5.74, 6) is 3.25. The van der Waals surface area contributed by atoms with Crippen LogP contribution in [-0.2, 0) is 0 Å². The van der Waals surface area contributed by atoms with Gasteiger partial charge in [0.2, 0.25) is 0 Å². The molecular formula is C18H16. The molecule has 1 saturated carbocycles. The normalized spacial score (nSPS) is 34.2. The topological polar surface area (TPSA) is 0 Å². The van der Waals surface area contributed by atoms with Crippen LogP contribution in [0.4, 0.5) is 0 Å². The molecule has 2 aromatic rings. The van der Waals surface area contributed by atoms with E-state index in [1.165, 1.54) is 12.8 Å². The van der Waals surface area contributed by atoms with Crippen LogP contribution in [0, 0.1) is 11.8 Å². The smallest absolute Gasteiger partial charge is 0.0126 e. The number of benzene rings is 2. The highest BCUT2D eigenvalue weighted by molar-refractivity contribution is 5.57. The average molecular weight is 232 g/mol. The van der Waals surface area contributed by atoms with E-state index < -0.39 is 0 Å². The minimum atomic E-state index is 0.696. The minimum Gasteiger partial charge on any atom is -0.0620 e. The highest BCUT2D eigenvalue weighted by Gasteiger charge is 2.53. The Bertz CT molecular complexity index is 536. The molecule has 4 aliphatic rings. The molecule has 0 radical (unpaired) electrons. The van der Waals surface area contributed by atoms with Crippen molar-refractivity contribution in [3.63, 3.8) is 0 Å². The van der Waals surface area contributed by atoms with E-state index in [4.69, 9.17) is 0 Å². The lowest BCUT2D eigenvalue weighted by molar-refractivity contribution is 0.106. The van der Waals surface area contributed by atoms with E-state index in [1.807, 2.05) is 0 Å². The fraction of sp³-hybridized carbons (Fsp3) is 0.333. The second-order valence-corrected chi connectivity index (χ2v) is 6.12. The van der Waals surface area contributed by atoms with Gasteiger partial charge in [-0.15, -0.1) is 0 Å². The van der Waals surface area contributed by atoms with Gasteiger partial charge in [-0.05, 0) is 46.9 Å². The molecule has 4 aliphatic carbocycles. The van der Waals surface area contributed by atoms with Crippen molar-refractivity contribution in [1.29, 1.82) is 0 Å². The first-order valence-corrected chi connectivity index (χ1v) is 7.13. The van der Waals surface area contributed by atoms with Crippen molar-refractivity contribution in [1.82, 2.24) is 0 Å². The lowest BCUT2D eigenvalue weighted by atomic mass is 9.47. The van der Waals surface area contributed by atoms with Gasteiger partial charge in [-0.3, -0.25) is 0 Å². The molecular weight excluding hydrogens is 216 g/mol. The maximum absolute atomic E-state index is 2.37. The number of rotatable bonds is 0. The van der Waals surface area contributed by atoms with E-state index in [0.29, 0.717) is 11.8 Å². The van der Waals surface area contributed by atoms with Crippen molar-refractivity contribution < 1.29 is 0 Å². The second kappa shape index (κ2) is 3.06. The molecule has 2 unspecified atom stereocenters. The monoisotopic (exact) mass is 232 g/mol. The van der Waals surface area contributed by atoms with Gasteiger partial charge in [0.25, 0.3) is 0 Å². The van der Waals surface area contributed by atoms with Crippen molar-refractivity contribution in [2.75, 3.05) is 0 Å². The Labute approximate surface area is 108 Å². The Balaban J connectivity index is 1.87. The largest absolute Gasteiger partial charge is 0.0620 e. The van der Waals surface area contributed by atoms with Gasteiger partial charge in [-0.25, -0.2) is 0 Å². The summed E-state index contributed by atoms with van der Waals surface area (Å²) in [5, 5.41) is 0. The van der Waals surface area contributed by atoms with Gasteiger partial charge in [0, 0.05) is 11.8 Å². The molecule has 18 heavy (non-hydrogen) atoms. The molecule has 2 bridgehead atoms. The van der Waals surface area contributed by atoms with Crippen LogP contribution < -0.4 is 0 Å². The van der Waals surface area contributed by atoms with Crippen LogP contribution in [0.5, 0.6) is 0 Å². The van der Waals surface area contributed by atoms with Crippen molar-refractivity contribution in [2.45, 2.75) is 24.7 Å². The van der Waals surface area contributed by atoms with E-state index in [1.54, 1.807) is 22.3 Å². The maximum atomic E-state index is 2.37. The fourth-order valence-electron chi connectivity index (χ4n) is 4.79. The van der Waals surface area contributed by atoms with Crippen molar-refractivity contribution in [2.24, 2.45) is 11.8 Å². The van der Waals surface area contributed by atoms with Crippen molar-refractivity contribution in [3.8, 4) is 0 Å². The molecule has 1 fully saturated rings. The lowest BCUT2D eigenvalue weighted by Gasteiger charge is -2.56. The zero-order chi connectivity index (χ0) is 11.7. The van der Waals surface area contributed by atoms with E-state index >= 15 is 0 Å². The molecule has 88 valence electrons. The molecule has 0 aliphatic heterocycles. The van der Waals surface area contributed by atoms with Gasteiger partial charge in [-0.1, -0.05) is 48.5 Å². The molecule has 0 heterocycles. The second-order valence-electron chi connectivity index (χ2n) is 6.12. The summed E-state index contributed by atoms with van der Waals surface area (Å²) < 4.78 is 0. The fourth-order valence-corrected chi connectivity index (χ4v) is 4.79. The van der Waals surface area contributed by atoms with Crippen LogP contribution in [0.25, 0.3) is 0 Å². The van der Waals surface area contributed by atoms with Crippen molar-refractivity contribution in [3.05, 3.63) is 70.8 Å². The Morgan fingerprint density at radius 3 is 1.17 bits per heavy atom. The third-order valence-corrected chi connectivity index (χ3v) is 5.57. The molecule has 2 atom stereocenters.